The van der Waals surface area contributed by atoms with E-state index in [1.54, 1.807) is 14.2 Å². The topological polar surface area (TPSA) is 60.0 Å². The number of hydrogen-bond donors (Lipinski definition) is 2. The maximum absolute atomic E-state index is 10.2. The van der Waals surface area contributed by atoms with Crippen molar-refractivity contribution in [2.75, 3.05) is 32.7 Å². The zero-order chi connectivity index (χ0) is 18.1. The fourth-order valence-corrected chi connectivity index (χ4v) is 2.39. The highest BCUT2D eigenvalue weighted by atomic mass is 16.5. The van der Waals surface area contributed by atoms with E-state index in [0.29, 0.717) is 18.0 Å². The van der Waals surface area contributed by atoms with Crippen molar-refractivity contribution >= 4 is 5.69 Å². The van der Waals surface area contributed by atoms with Crippen molar-refractivity contribution in [1.29, 1.82) is 0 Å². The maximum Gasteiger partial charge on any atom is 0.142 e. The molecule has 0 saturated heterocycles. The SMILES string of the molecule is C=CCc1ccccc1OCC(O)CNc1cc(OC)ccc1OC. The quantitative estimate of drug-likeness (QED) is 0.648. The van der Waals surface area contributed by atoms with Gasteiger partial charge in [0.25, 0.3) is 0 Å². The van der Waals surface area contributed by atoms with Crippen LogP contribution in [0.2, 0.25) is 0 Å². The van der Waals surface area contributed by atoms with Crippen molar-refractivity contribution in [3.8, 4) is 17.2 Å². The fourth-order valence-electron chi connectivity index (χ4n) is 2.39. The number of benzene rings is 2. The zero-order valence-corrected chi connectivity index (χ0v) is 14.7. The number of rotatable bonds is 10. The molecular formula is C20H25NO4. The van der Waals surface area contributed by atoms with E-state index in [1.165, 1.54) is 0 Å². The van der Waals surface area contributed by atoms with Crippen LogP contribution in [0, 0.1) is 0 Å². The summed E-state index contributed by atoms with van der Waals surface area (Å²) < 4.78 is 16.3. The molecule has 0 bridgehead atoms. The van der Waals surface area contributed by atoms with E-state index in [-0.39, 0.29) is 6.61 Å². The number of nitrogens with one attached hydrogen (secondary N) is 1. The van der Waals surface area contributed by atoms with Gasteiger partial charge in [0, 0.05) is 12.6 Å². The third-order valence-electron chi connectivity index (χ3n) is 3.70. The molecule has 2 aromatic carbocycles. The Morgan fingerprint density at radius 2 is 1.92 bits per heavy atom. The molecule has 1 unspecified atom stereocenters. The average Bonchev–Trinajstić information content (AvgIpc) is 2.65. The van der Waals surface area contributed by atoms with Crippen molar-refractivity contribution in [3.05, 3.63) is 60.7 Å². The normalized spacial score (nSPS) is 11.5. The summed E-state index contributed by atoms with van der Waals surface area (Å²) in [6.07, 6.45) is 1.88. The third-order valence-corrected chi connectivity index (χ3v) is 3.70. The van der Waals surface area contributed by atoms with Gasteiger partial charge in [0.15, 0.2) is 0 Å². The van der Waals surface area contributed by atoms with Crippen LogP contribution >= 0.6 is 0 Å². The van der Waals surface area contributed by atoms with Crippen LogP contribution < -0.4 is 19.5 Å². The Labute approximate surface area is 148 Å². The standard InChI is InChI=1S/C20H25NO4/c1-4-7-15-8-5-6-9-19(15)25-14-16(22)13-21-18-12-17(23-2)10-11-20(18)24-3/h4-6,8-12,16,21-22H,1,7,13-14H2,2-3H3. The summed E-state index contributed by atoms with van der Waals surface area (Å²) in [7, 11) is 3.21. The number of allylic oxidation sites excluding steroid dienone is 1. The van der Waals surface area contributed by atoms with Crippen LogP contribution in [-0.4, -0.2) is 38.6 Å². The minimum atomic E-state index is -0.673. The van der Waals surface area contributed by atoms with Crippen LogP contribution in [-0.2, 0) is 6.42 Å². The van der Waals surface area contributed by atoms with E-state index in [4.69, 9.17) is 14.2 Å². The third kappa shape index (κ3) is 5.43. The van der Waals surface area contributed by atoms with E-state index >= 15 is 0 Å². The van der Waals surface area contributed by atoms with Crippen LogP contribution in [0.25, 0.3) is 0 Å². The van der Waals surface area contributed by atoms with Crippen molar-refractivity contribution in [2.24, 2.45) is 0 Å². The van der Waals surface area contributed by atoms with Crippen LogP contribution in [0.5, 0.6) is 17.2 Å². The Hall–Kier alpha value is -2.66. The molecule has 0 spiro atoms. The molecule has 0 aliphatic heterocycles. The van der Waals surface area contributed by atoms with Gasteiger partial charge in [-0.3, -0.25) is 0 Å². The van der Waals surface area contributed by atoms with Crippen molar-refractivity contribution in [2.45, 2.75) is 12.5 Å². The first-order valence-corrected chi connectivity index (χ1v) is 8.13. The van der Waals surface area contributed by atoms with Crippen LogP contribution in [0.3, 0.4) is 0 Å². The predicted molar refractivity (Wildman–Crippen MR) is 99.9 cm³/mol. The number of para-hydroxylation sites is 1. The number of aliphatic hydroxyl groups excluding tert-OH is 1. The van der Waals surface area contributed by atoms with Gasteiger partial charge in [0.05, 0.1) is 19.9 Å². The van der Waals surface area contributed by atoms with E-state index in [9.17, 15) is 5.11 Å². The number of hydrogen-bond acceptors (Lipinski definition) is 5. The Balaban J connectivity index is 1.91. The van der Waals surface area contributed by atoms with Crippen molar-refractivity contribution < 1.29 is 19.3 Å². The molecule has 5 nitrogen and oxygen atoms in total. The van der Waals surface area contributed by atoms with Gasteiger partial charge >= 0.3 is 0 Å². The Kier molecular flexibility index (Phi) is 7.16. The zero-order valence-electron chi connectivity index (χ0n) is 14.7. The molecular weight excluding hydrogens is 318 g/mol. The Morgan fingerprint density at radius 1 is 1.12 bits per heavy atom. The molecule has 0 amide bonds. The highest BCUT2D eigenvalue weighted by molar-refractivity contribution is 5.59. The van der Waals surface area contributed by atoms with Gasteiger partial charge in [-0.25, -0.2) is 0 Å². The summed E-state index contributed by atoms with van der Waals surface area (Å²) in [5.74, 6) is 2.16. The molecule has 0 saturated carbocycles. The summed E-state index contributed by atoms with van der Waals surface area (Å²) in [6.45, 7) is 4.26. The van der Waals surface area contributed by atoms with Gasteiger partial charge < -0.3 is 24.6 Å². The molecule has 2 N–H and O–H groups in total. The molecule has 0 fully saturated rings. The molecule has 2 rings (SSSR count). The molecule has 134 valence electrons. The van der Waals surface area contributed by atoms with Gasteiger partial charge in [-0.1, -0.05) is 24.3 Å². The first-order valence-electron chi connectivity index (χ1n) is 8.13. The molecule has 1 atom stereocenters. The maximum atomic E-state index is 10.2. The number of aliphatic hydroxyl groups is 1. The first kappa shape index (κ1) is 18.7. The molecule has 2 aromatic rings. The first-order chi connectivity index (χ1) is 12.2. The predicted octanol–water partition coefficient (Wildman–Crippen LogP) is 3.28. The Morgan fingerprint density at radius 3 is 2.64 bits per heavy atom. The lowest BCUT2D eigenvalue weighted by atomic mass is 10.1. The minimum absolute atomic E-state index is 0.188. The molecule has 25 heavy (non-hydrogen) atoms. The summed E-state index contributed by atoms with van der Waals surface area (Å²) in [5.41, 5.74) is 1.81. The van der Waals surface area contributed by atoms with Gasteiger partial charge in [-0.15, -0.1) is 6.58 Å². The monoisotopic (exact) mass is 343 g/mol. The fraction of sp³-hybridized carbons (Fsp3) is 0.300. The summed E-state index contributed by atoms with van der Waals surface area (Å²) >= 11 is 0. The van der Waals surface area contributed by atoms with Crippen LogP contribution in [0.1, 0.15) is 5.56 Å². The lowest BCUT2D eigenvalue weighted by molar-refractivity contribution is 0.117. The lowest BCUT2D eigenvalue weighted by Gasteiger charge is -2.17. The second-order valence-electron chi connectivity index (χ2n) is 5.51. The molecule has 0 aromatic heterocycles. The molecule has 0 radical (unpaired) electrons. The Bertz CT molecular complexity index is 687. The van der Waals surface area contributed by atoms with Crippen molar-refractivity contribution in [1.82, 2.24) is 0 Å². The van der Waals surface area contributed by atoms with Crippen LogP contribution in [0.15, 0.2) is 55.1 Å². The number of methoxy groups -OCH3 is 2. The van der Waals surface area contributed by atoms with Gasteiger partial charge in [-0.05, 0) is 30.2 Å². The second kappa shape index (κ2) is 9.59. The van der Waals surface area contributed by atoms with Crippen molar-refractivity contribution in [3.63, 3.8) is 0 Å². The average molecular weight is 343 g/mol. The smallest absolute Gasteiger partial charge is 0.142 e. The summed E-state index contributed by atoms with van der Waals surface area (Å²) in [4.78, 5) is 0. The second-order valence-corrected chi connectivity index (χ2v) is 5.51. The van der Waals surface area contributed by atoms with E-state index in [2.05, 4.69) is 11.9 Å². The molecule has 5 heteroatoms. The van der Waals surface area contributed by atoms with E-state index < -0.39 is 6.10 Å². The number of anilines is 1. The van der Waals surface area contributed by atoms with Gasteiger partial charge in [-0.2, -0.15) is 0 Å². The largest absolute Gasteiger partial charge is 0.497 e. The van der Waals surface area contributed by atoms with Gasteiger partial charge in [0.2, 0.25) is 0 Å². The summed E-state index contributed by atoms with van der Waals surface area (Å²) in [6, 6.07) is 13.2. The summed E-state index contributed by atoms with van der Waals surface area (Å²) in [5, 5.41) is 13.4. The number of ether oxygens (including phenoxy) is 3. The highest BCUT2D eigenvalue weighted by Crippen LogP contribution is 2.28. The highest BCUT2D eigenvalue weighted by Gasteiger charge is 2.10. The minimum Gasteiger partial charge on any atom is -0.497 e. The molecule has 0 aliphatic carbocycles. The van der Waals surface area contributed by atoms with Gasteiger partial charge in [0.1, 0.15) is 30.0 Å². The van der Waals surface area contributed by atoms with Crippen LogP contribution in [0.4, 0.5) is 5.69 Å². The van der Waals surface area contributed by atoms with E-state index in [0.717, 1.165) is 23.4 Å². The lowest BCUT2D eigenvalue weighted by Crippen LogP contribution is -2.26. The molecule has 0 aliphatic rings. The van der Waals surface area contributed by atoms with E-state index in [1.807, 2.05) is 48.5 Å². The molecule has 0 heterocycles.